The summed E-state index contributed by atoms with van der Waals surface area (Å²) in [5.74, 6) is -4.93. The summed E-state index contributed by atoms with van der Waals surface area (Å²) in [6.07, 6.45) is 0. The van der Waals surface area contributed by atoms with Crippen molar-refractivity contribution in [2.45, 2.75) is 42.8 Å². The van der Waals surface area contributed by atoms with Crippen molar-refractivity contribution in [3.63, 3.8) is 0 Å². The normalized spacial score (nSPS) is 12.8. The third-order valence-electron chi connectivity index (χ3n) is 2.83. The average Bonchev–Trinajstić information content (AvgIpc) is 2.92. The lowest BCUT2D eigenvalue weighted by Gasteiger charge is -2.18. The fourth-order valence-corrected chi connectivity index (χ4v) is 3.79. The molecule has 1 heterocycles. The number of benzene rings is 1. The van der Waals surface area contributed by atoms with E-state index >= 15 is 0 Å². The zero-order valence-corrected chi connectivity index (χ0v) is 15.6. The molecule has 0 bridgehead atoms. The van der Waals surface area contributed by atoms with Crippen molar-refractivity contribution in [2.75, 3.05) is 10.6 Å². The van der Waals surface area contributed by atoms with E-state index in [1.54, 1.807) is 6.92 Å². The van der Waals surface area contributed by atoms with E-state index in [0.717, 1.165) is 23.9 Å². The molecular weight excluding hydrogens is 373 g/mol. The fourth-order valence-electron chi connectivity index (χ4n) is 1.69. The summed E-state index contributed by atoms with van der Waals surface area (Å²) in [5, 5.41) is 13.4. The topological polar surface area (TPSA) is 66.9 Å². The molecule has 0 aliphatic rings. The first-order valence-electron chi connectivity index (χ1n) is 7.29. The van der Waals surface area contributed by atoms with Crippen molar-refractivity contribution in [3.8, 4) is 0 Å². The first-order chi connectivity index (χ1) is 11.6. The van der Waals surface area contributed by atoms with Crippen LogP contribution in [0.15, 0.2) is 16.5 Å². The minimum Gasteiger partial charge on any atom is -0.355 e. The van der Waals surface area contributed by atoms with Crippen molar-refractivity contribution >= 4 is 39.8 Å². The maximum atomic E-state index is 13.6. The zero-order chi connectivity index (χ0) is 18.8. The Balaban J connectivity index is 2.00. The van der Waals surface area contributed by atoms with Gasteiger partial charge in [-0.15, -0.1) is 10.2 Å². The highest BCUT2D eigenvalue weighted by atomic mass is 32.2. The molecule has 1 aromatic carbocycles. The maximum Gasteiger partial charge on any atom is 0.237 e. The molecule has 0 aliphatic heterocycles. The van der Waals surface area contributed by atoms with E-state index in [1.165, 1.54) is 11.3 Å². The molecule has 2 aromatic rings. The Kier molecular flexibility index (Phi) is 5.94. The Bertz CT molecular complexity index is 777. The Morgan fingerprint density at radius 1 is 1.20 bits per heavy atom. The predicted molar refractivity (Wildman–Crippen MR) is 93.5 cm³/mol. The number of amides is 1. The van der Waals surface area contributed by atoms with Crippen LogP contribution in [-0.4, -0.2) is 26.9 Å². The van der Waals surface area contributed by atoms with Crippen LogP contribution in [0, 0.1) is 17.5 Å². The Labute approximate surface area is 151 Å². The van der Waals surface area contributed by atoms with Gasteiger partial charge in [0.05, 0.1) is 10.9 Å². The molecule has 1 amide bonds. The van der Waals surface area contributed by atoms with Crippen molar-refractivity contribution in [3.05, 3.63) is 29.6 Å². The number of carbonyl (C=O) groups excluding carboxylic acids is 1. The third-order valence-corrected chi connectivity index (χ3v) is 4.85. The predicted octanol–water partition coefficient (Wildman–Crippen LogP) is 4.29. The standard InChI is InChI=1S/C15H17F3N4OS2/c1-7(24-14-22-21-13(25-14)20-15(2,3)4)12(23)19-9-6-5-8(16)10(17)11(9)18/h5-7H,1-4H3,(H,19,23)(H,20,21). The molecule has 10 heteroatoms. The molecule has 1 unspecified atom stereocenters. The van der Waals surface area contributed by atoms with Crippen molar-refractivity contribution < 1.29 is 18.0 Å². The first-order valence-corrected chi connectivity index (χ1v) is 8.99. The average molecular weight is 390 g/mol. The van der Waals surface area contributed by atoms with Gasteiger partial charge in [-0.2, -0.15) is 0 Å². The molecule has 2 N–H and O–H groups in total. The summed E-state index contributed by atoms with van der Waals surface area (Å²) in [6, 6.07) is 1.72. The lowest BCUT2D eigenvalue weighted by atomic mass is 10.1. The zero-order valence-electron chi connectivity index (χ0n) is 14.0. The van der Waals surface area contributed by atoms with Crippen LogP contribution in [0.5, 0.6) is 0 Å². The Morgan fingerprint density at radius 3 is 2.52 bits per heavy atom. The third kappa shape index (κ3) is 5.33. The highest BCUT2D eigenvalue weighted by molar-refractivity contribution is 8.02. The highest BCUT2D eigenvalue weighted by Crippen LogP contribution is 2.31. The van der Waals surface area contributed by atoms with E-state index in [9.17, 15) is 18.0 Å². The van der Waals surface area contributed by atoms with E-state index < -0.39 is 34.3 Å². The van der Waals surface area contributed by atoms with Gasteiger partial charge >= 0.3 is 0 Å². The van der Waals surface area contributed by atoms with Gasteiger partial charge in [-0.1, -0.05) is 23.1 Å². The molecule has 0 saturated carbocycles. The van der Waals surface area contributed by atoms with Gasteiger partial charge in [-0.3, -0.25) is 4.79 Å². The molecule has 2 rings (SSSR count). The monoisotopic (exact) mass is 390 g/mol. The number of hydrogen-bond donors (Lipinski definition) is 2. The summed E-state index contributed by atoms with van der Waals surface area (Å²) in [6.45, 7) is 7.53. The van der Waals surface area contributed by atoms with Crippen LogP contribution in [0.2, 0.25) is 0 Å². The van der Waals surface area contributed by atoms with Crippen LogP contribution in [0.3, 0.4) is 0 Å². The number of carbonyl (C=O) groups is 1. The van der Waals surface area contributed by atoms with Gasteiger partial charge in [-0.25, -0.2) is 13.2 Å². The molecule has 0 aliphatic carbocycles. The number of hydrogen-bond acceptors (Lipinski definition) is 6. The summed E-state index contributed by atoms with van der Waals surface area (Å²) < 4.78 is 40.3. The maximum absolute atomic E-state index is 13.6. The fraction of sp³-hybridized carbons (Fsp3) is 0.400. The van der Waals surface area contributed by atoms with E-state index in [-0.39, 0.29) is 5.54 Å². The largest absolute Gasteiger partial charge is 0.355 e. The Morgan fingerprint density at radius 2 is 1.88 bits per heavy atom. The minimum atomic E-state index is -1.62. The number of nitrogens with zero attached hydrogens (tertiary/aromatic N) is 2. The van der Waals surface area contributed by atoms with Gasteiger partial charge in [0.2, 0.25) is 11.0 Å². The summed E-state index contributed by atoms with van der Waals surface area (Å²) in [4.78, 5) is 12.1. The number of thioether (sulfide) groups is 1. The van der Waals surface area contributed by atoms with E-state index in [4.69, 9.17) is 0 Å². The molecular formula is C15H17F3N4OS2. The Hall–Kier alpha value is -1.81. The molecule has 5 nitrogen and oxygen atoms in total. The number of rotatable bonds is 5. The smallest absolute Gasteiger partial charge is 0.237 e. The second-order valence-electron chi connectivity index (χ2n) is 6.22. The number of nitrogens with one attached hydrogen (secondary N) is 2. The molecule has 0 spiro atoms. The van der Waals surface area contributed by atoms with Gasteiger partial charge in [0.1, 0.15) is 0 Å². The van der Waals surface area contributed by atoms with Crippen LogP contribution < -0.4 is 10.6 Å². The SMILES string of the molecule is CC(Sc1nnc(NC(C)(C)C)s1)C(=O)Nc1ccc(F)c(F)c1F. The quantitative estimate of drug-likeness (QED) is 0.589. The minimum absolute atomic E-state index is 0.172. The summed E-state index contributed by atoms with van der Waals surface area (Å²) in [7, 11) is 0. The lowest BCUT2D eigenvalue weighted by molar-refractivity contribution is -0.115. The van der Waals surface area contributed by atoms with Gasteiger partial charge in [0.25, 0.3) is 0 Å². The number of aromatic nitrogens is 2. The molecule has 0 fully saturated rings. The molecule has 1 atom stereocenters. The van der Waals surface area contributed by atoms with Crippen LogP contribution in [0.1, 0.15) is 27.7 Å². The second-order valence-corrected chi connectivity index (χ2v) is 8.79. The van der Waals surface area contributed by atoms with Gasteiger partial charge in [0, 0.05) is 5.54 Å². The van der Waals surface area contributed by atoms with Gasteiger partial charge in [0.15, 0.2) is 21.8 Å². The highest BCUT2D eigenvalue weighted by Gasteiger charge is 2.21. The molecule has 25 heavy (non-hydrogen) atoms. The summed E-state index contributed by atoms with van der Waals surface area (Å²) >= 11 is 2.42. The second kappa shape index (κ2) is 7.61. The molecule has 0 radical (unpaired) electrons. The summed E-state index contributed by atoms with van der Waals surface area (Å²) in [5.41, 5.74) is -0.585. The van der Waals surface area contributed by atoms with Crippen LogP contribution >= 0.6 is 23.1 Å². The van der Waals surface area contributed by atoms with E-state index in [2.05, 4.69) is 20.8 Å². The molecule has 1 aromatic heterocycles. The van der Waals surface area contributed by atoms with Gasteiger partial charge in [-0.05, 0) is 39.8 Å². The lowest BCUT2D eigenvalue weighted by Crippen LogP contribution is -2.25. The first kappa shape index (κ1) is 19.5. The number of halogens is 3. The van der Waals surface area contributed by atoms with Crippen molar-refractivity contribution in [2.24, 2.45) is 0 Å². The number of anilines is 2. The van der Waals surface area contributed by atoms with Crippen molar-refractivity contribution in [1.29, 1.82) is 0 Å². The van der Waals surface area contributed by atoms with Crippen LogP contribution in [-0.2, 0) is 4.79 Å². The van der Waals surface area contributed by atoms with Crippen molar-refractivity contribution in [1.82, 2.24) is 10.2 Å². The molecule has 136 valence electrons. The van der Waals surface area contributed by atoms with Crippen LogP contribution in [0.4, 0.5) is 24.0 Å². The van der Waals surface area contributed by atoms with E-state index in [0.29, 0.717) is 9.47 Å². The van der Waals surface area contributed by atoms with Gasteiger partial charge < -0.3 is 10.6 Å². The van der Waals surface area contributed by atoms with Crippen LogP contribution in [0.25, 0.3) is 0 Å². The molecule has 0 saturated heterocycles. The van der Waals surface area contributed by atoms with E-state index in [1.807, 2.05) is 20.8 Å².